The number of rotatable bonds is 2. The summed E-state index contributed by atoms with van der Waals surface area (Å²) in [7, 11) is 0. The molecule has 0 bridgehead atoms. The first-order valence-corrected chi connectivity index (χ1v) is 5.77. The van der Waals surface area contributed by atoms with Crippen LogP contribution in [0.5, 0.6) is 0 Å². The Kier molecular flexibility index (Phi) is 2.61. The fourth-order valence-electron chi connectivity index (χ4n) is 1.81. The third kappa shape index (κ3) is 1.69. The lowest BCUT2D eigenvalue weighted by Crippen LogP contribution is -1.82. The Hall–Kier alpha value is -2.13. The van der Waals surface area contributed by atoms with E-state index in [4.69, 9.17) is 16.0 Å². The molecule has 88 valence electrons. The highest BCUT2D eigenvalue weighted by Crippen LogP contribution is 2.30. The minimum absolute atomic E-state index is 0.421. The fourth-order valence-corrected chi connectivity index (χ4v) is 2.03. The minimum atomic E-state index is 0.421. The van der Waals surface area contributed by atoms with Crippen LogP contribution < -0.4 is 0 Å². The number of benzene rings is 2. The van der Waals surface area contributed by atoms with Crippen LogP contribution in [0.15, 0.2) is 46.9 Å². The first-order valence-electron chi connectivity index (χ1n) is 5.39. The van der Waals surface area contributed by atoms with Gasteiger partial charge in [-0.15, -0.1) is 0 Å². The molecule has 0 saturated carbocycles. The average molecular weight is 258 g/mol. The molecule has 0 spiro atoms. The van der Waals surface area contributed by atoms with Gasteiger partial charge >= 0.3 is 0 Å². The highest BCUT2D eigenvalue weighted by atomic mass is 35.5. The summed E-state index contributed by atoms with van der Waals surface area (Å²) in [5.41, 5.74) is 2.36. The van der Waals surface area contributed by atoms with Crippen molar-refractivity contribution >= 4 is 29.0 Å². The van der Waals surface area contributed by atoms with Gasteiger partial charge in [-0.2, -0.15) is 0 Å². The highest BCUT2D eigenvalue weighted by Gasteiger charge is 2.12. The van der Waals surface area contributed by atoms with Crippen molar-refractivity contribution < 1.29 is 9.21 Å². The Morgan fingerprint density at radius 2 is 1.94 bits per heavy atom. The fraction of sp³-hybridized carbons (Fsp3) is 0. The van der Waals surface area contributed by atoms with E-state index in [9.17, 15) is 4.79 Å². The molecule has 0 aliphatic heterocycles. The summed E-state index contributed by atoms with van der Waals surface area (Å²) in [6.45, 7) is 0. The van der Waals surface area contributed by atoms with Gasteiger partial charge < -0.3 is 4.42 Å². The number of aromatic nitrogens is 1. The van der Waals surface area contributed by atoms with Crippen molar-refractivity contribution in [3.63, 3.8) is 0 Å². The number of fused-ring (bicyclic) bond motifs is 1. The summed E-state index contributed by atoms with van der Waals surface area (Å²) in [6.07, 6.45) is 0.765. The van der Waals surface area contributed by atoms with Gasteiger partial charge in [-0.1, -0.05) is 29.8 Å². The number of aldehydes is 1. The first-order chi connectivity index (χ1) is 8.79. The van der Waals surface area contributed by atoms with E-state index in [1.165, 1.54) is 0 Å². The van der Waals surface area contributed by atoms with Gasteiger partial charge in [0.15, 0.2) is 11.9 Å². The maximum Gasteiger partial charge on any atom is 0.228 e. The van der Waals surface area contributed by atoms with E-state index in [1.807, 2.05) is 18.2 Å². The lowest BCUT2D eigenvalue weighted by Gasteiger charge is -1.96. The van der Waals surface area contributed by atoms with Crippen molar-refractivity contribution in [2.45, 2.75) is 0 Å². The van der Waals surface area contributed by atoms with Crippen LogP contribution in [0.2, 0.25) is 5.02 Å². The topological polar surface area (TPSA) is 43.1 Å². The smallest absolute Gasteiger partial charge is 0.228 e. The van der Waals surface area contributed by atoms with E-state index in [0.717, 1.165) is 6.29 Å². The molecule has 2 aromatic carbocycles. The second-order valence-electron chi connectivity index (χ2n) is 3.81. The molecule has 0 radical (unpaired) electrons. The molecule has 3 rings (SSSR count). The Morgan fingerprint density at radius 1 is 1.11 bits per heavy atom. The lowest BCUT2D eigenvalue weighted by atomic mass is 10.2. The average Bonchev–Trinajstić information content (AvgIpc) is 2.82. The van der Waals surface area contributed by atoms with Gasteiger partial charge in [0.1, 0.15) is 5.52 Å². The zero-order valence-electron chi connectivity index (χ0n) is 9.26. The molecule has 0 amide bonds. The number of nitrogens with zero attached hydrogens (tertiary/aromatic N) is 1. The van der Waals surface area contributed by atoms with Crippen LogP contribution in [0.25, 0.3) is 22.6 Å². The molecule has 0 N–H and O–H groups in total. The molecule has 1 aromatic heterocycles. The van der Waals surface area contributed by atoms with Crippen molar-refractivity contribution in [3.05, 3.63) is 53.1 Å². The Morgan fingerprint density at radius 3 is 2.72 bits per heavy atom. The predicted molar refractivity (Wildman–Crippen MR) is 69.8 cm³/mol. The second kappa shape index (κ2) is 4.27. The maximum atomic E-state index is 10.9. The summed E-state index contributed by atoms with van der Waals surface area (Å²) in [6, 6.07) is 12.5. The molecule has 0 aliphatic carbocycles. The summed E-state index contributed by atoms with van der Waals surface area (Å²) >= 11 is 6.09. The van der Waals surface area contributed by atoms with E-state index in [-0.39, 0.29) is 0 Å². The van der Waals surface area contributed by atoms with Crippen molar-refractivity contribution in [3.8, 4) is 11.5 Å². The van der Waals surface area contributed by atoms with E-state index in [0.29, 0.717) is 33.1 Å². The largest absolute Gasteiger partial charge is 0.436 e. The number of oxazole rings is 1. The Labute approximate surface area is 108 Å². The first kappa shape index (κ1) is 11.0. The quantitative estimate of drug-likeness (QED) is 0.653. The zero-order valence-corrected chi connectivity index (χ0v) is 10.0. The summed E-state index contributed by atoms with van der Waals surface area (Å²) in [4.78, 5) is 15.3. The molecule has 1 heterocycles. The predicted octanol–water partition coefficient (Wildman–Crippen LogP) is 3.96. The van der Waals surface area contributed by atoms with Crippen molar-refractivity contribution in [2.24, 2.45) is 0 Å². The molecule has 0 fully saturated rings. The number of para-hydroxylation sites is 1. The molecule has 18 heavy (non-hydrogen) atoms. The van der Waals surface area contributed by atoms with Crippen LogP contribution in [0.1, 0.15) is 10.4 Å². The second-order valence-corrected chi connectivity index (χ2v) is 4.22. The van der Waals surface area contributed by atoms with Crippen LogP contribution in [0, 0.1) is 0 Å². The standard InChI is InChI=1S/C14H8ClNO2/c15-11-6-2-1-5-10(11)14-16-13-9(8-17)4-3-7-12(13)18-14/h1-8H. The van der Waals surface area contributed by atoms with Gasteiger partial charge in [0.2, 0.25) is 5.89 Å². The maximum absolute atomic E-state index is 10.9. The molecule has 0 saturated heterocycles. The third-order valence-electron chi connectivity index (χ3n) is 2.68. The monoisotopic (exact) mass is 257 g/mol. The summed E-state index contributed by atoms with van der Waals surface area (Å²) in [5.74, 6) is 0.421. The van der Waals surface area contributed by atoms with Crippen molar-refractivity contribution in [1.82, 2.24) is 4.98 Å². The number of halogens is 1. The van der Waals surface area contributed by atoms with Gasteiger partial charge in [-0.3, -0.25) is 4.79 Å². The molecule has 0 aliphatic rings. The minimum Gasteiger partial charge on any atom is -0.436 e. The number of hydrogen-bond acceptors (Lipinski definition) is 3. The van der Waals surface area contributed by atoms with Gasteiger partial charge in [0.25, 0.3) is 0 Å². The molecule has 0 unspecified atom stereocenters. The van der Waals surface area contributed by atoms with Crippen LogP contribution in [-0.2, 0) is 0 Å². The van der Waals surface area contributed by atoms with E-state index in [2.05, 4.69) is 4.98 Å². The van der Waals surface area contributed by atoms with Crippen LogP contribution in [0.3, 0.4) is 0 Å². The van der Waals surface area contributed by atoms with Gasteiger partial charge in [0, 0.05) is 5.56 Å². The van der Waals surface area contributed by atoms with E-state index < -0.39 is 0 Å². The van der Waals surface area contributed by atoms with Gasteiger partial charge in [-0.25, -0.2) is 4.98 Å². The number of carbonyl (C=O) groups is 1. The summed E-state index contributed by atoms with van der Waals surface area (Å²) < 4.78 is 5.62. The molecule has 3 nitrogen and oxygen atoms in total. The molecule has 0 atom stereocenters. The van der Waals surface area contributed by atoms with Crippen LogP contribution >= 0.6 is 11.6 Å². The van der Waals surface area contributed by atoms with Crippen LogP contribution in [-0.4, -0.2) is 11.3 Å². The Bertz CT molecular complexity index is 733. The molecular formula is C14H8ClNO2. The Balaban J connectivity index is 2.26. The van der Waals surface area contributed by atoms with Crippen molar-refractivity contribution in [1.29, 1.82) is 0 Å². The number of carbonyl (C=O) groups excluding carboxylic acids is 1. The highest BCUT2D eigenvalue weighted by molar-refractivity contribution is 6.33. The van der Waals surface area contributed by atoms with Gasteiger partial charge in [-0.05, 0) is 24.3 Å². The summed E-state index contributed by atoms with van der Waals surface area (Å²) in [5, 5.41) is 0.566. The molecular weight excluding hydrogens is 250 g/mol. The number of hydrogen-bond donors (Lipinski definition) is 0. The van der Waals surface area contributed by atoms with Gasteiger partial charge in [0.05, 0.1) is 10.6 Å². The molecule has 3 aromatic rings. The van der Waals surface area contributed by atoms with Crippen molar-refractivity contribution in [2.75, 3.05) is 0 Å². The molecule has 4 heteroatoms. The SMILES string of the molecule is O=Cc1cccc2oc(-c3ccccc3Cl)nc12. The third-order valence-corrected chi connectivity index (χ3v) is 3.01. The van der Waals surface area contributed by atoms with E-state index >= 15 is 0 Å². The van der Waals surface area contributed by atoms with E-state index in [1.54, 1.807) is 24.3 Å². The normalized spacial score (nSPS) is 10.7. The zero-order chi connectivity index (χ0) is 12.5. The van der Waals surface area contributed by atoms with Crippen LogP contribution in [0.4, 0.5) is 0 Å². The lowest BCUT2D eigenvalue weighted by molar-refractivity contribution is 0.112.